The van der Waals surface area contributed by atoms with Crippen LogP contribution >= 0.6 is 0 Å². The SMILES string of the molecule is CO[C@H]1CN(C)C(=O)c2cc(NS(=O)(=O)c3cccc(F)c3)ccc2OC[C@@H](C)N(C(=O)Cc2cccnc2)C[C@H]1C. The van der Waals surface area contributed by atoms with Gasteiger partial charge in [0, 0.05) is 51.2 Å². The first-order valence-electron chi connectivity index (χ1n) is 13.5. The number of hydrogen-bond acceptors (Lipinski definition) is 7. The van der Waals surface area contributed by atoms with E-state index in [0.717, 1.165) is 17.7 Å². The van der Waals surface area contributed by atoms with Crippen molar-refractivity contribution in [2.75, 3.05) is 38.6 Å². The normalized spacial score (nSPS) is 20.1. The molecule has 1 aromatic heterocycles. The molecule has 224 valence electrons. The molecule has 2 amide bonds. The second-order valence-corrected chi connectivity index (χ2v) is 12.1. The first-order chi connectivity index (χ1) is 20.0. The van der Waals surface area contributed by atoms with E-state index in [1.54, 1.807) is 37.5 Å². The number of pyridine rings is 1. The molecule has 2 aromatic carbocycles. The minimum Gasteiger partial charge on any atom is -0.491 e. The van der Waals surface area contributed by atoms with E-state index < -0.39 is 27.9 Å². The Kier molecular flexibility index (Phi) is 9.79. The van der Waals surface area contributed by atoms with Gasteiger partial charge in [0.05, 0.1) is 29.0 Å². The summed E-state index contributed by atoms with van der Waals surface area (Å²) in [5.41, 5.74) is 1.02. The molecule has 0 aliphatic carbocycles. The predicted octanol–water partition coefficient (Wildman–Crippen LogP) is 3.60. The molecule has 12 heteroatoms. The Balaban J connectivity index is 1.65. The van der Waals surface area contributed by atoms with Crippen LogP contribution in [0.15, 0.2) is 71.9 Å². The number of halogens is 1. The van der Waals surface area contributed by atoms with Gasteiger partial charge in [-0.2, -0.15) is 0 Å². The molecular formula is C30H35FN4O6S. The quantitative estimate of drug-likeness (QED) is 0.461. The molecule has 0 radical (unpaired) electrons. The lowest BCUT2D eigenvalue weighted by Crippen LogP contribution is -2.49. The molecule has 0 spiro atoms. The predicted molar refractivity (Wildman–Crippen MR) is 155 cm³/mol. The summed E-state index contributed by atoms with van der Waals surface area (Å²) in [6.07, 6.45) is 3.09. The van der Waals surface area contributed by atoms with E-state index in [9.17, 15) is 22.4 Å². The number of likely N-dealkylation sites (N-methyl/N-ethyl adjacent to an activating group) is 1. The molecule has 2 heterocycles. The van der Waals surface area contributed by atoms with E-state index in [1.807, 2.05) is 19.9 Å². The Labute approximate surface area is 245 Å². The topological polar surface area (TPSA) is 118 Å². The lowest BCUT2D eigenvalue weighted by molar-refractivity contribution is -0.134. The third kappa shape index (κ3) is 7.42. The van der Waals surface area contributed by atoms with Gasteiger partial charge < -0.3 is 19.3 Å². The molecule has 1 N–H and O–H groups in total. The van der Waals surface area contributed by atoms with Crippen LogP contribution in [-0.2, 0) is 26.0 Å². The van der Waals surface area contributed by atoms with Gasteiger partial charge in [0.25, 0.3) is 15.9 Å². The monoisotopic (exact) mass is 598 g/mol. The number of nitrogens with one attached hydrogen (secondary N) is 1. The number of carbonyl (C=O) groups excluding carboxylic acids is 2. The Morgan fingerprint density at radius 1 is 1.14 bits per heavy atom. The van der Waals surface area contributed by atoms with E-state index in [4.69, 9.17) is 9.47 Å². The van der Waals surface area contributed by atoms with Crippen molar-refractivity contribution in [1.29, 1.82) is 0 Å². The van der Waals surface area contributed by atoms with Crippen molar-refractivity contribution in [3.63, 3.8) is 0 Å². The van der Waals surface area contributed by atoms with Gasteiger partial charge in [0.2, 0.25) is 5.91 Å². The second-order valence-electron chi connectivity index (χ2n) is 10.5. The summed E-state index contributed by atoms with van der Waals surface area (Å²) < 4.78 is 53.7. The van der Waals surface area contributed by atoms with Crippen LogP contribution in [0, 0.1) is 11.7 Å². The average molecular weight is 599 g/mol. The third-order valence-corrected chi connectivity index (χ3v) is 8.58. The smallest absolute Gasteiger partial charge is 0.261 e. The highest BCUT2D eigenvalue weighted by molar-refractivity contribution is 7.92. The standard InChI is InChI=1S/C30H35FN4O6S/c1-20-17-35(29(36)13-22-7-6-12-32-16-22)21(2)19-41-27-11-10-24(15-26(27)30(37)34(3)18-28(20)40-4)33-42(38,39)25-9-5-8-23(31)14-25/h5-12,14-16,20-21,28,33H,13,17-19H2,1-4H3/t20-,21-,28+/m1/s1. The van der Waals surface area contributed by atoms with Crippen LogP contribution in [0.25, 0.3) is 0 Å². The maximum Gasteiger partial charge on any atom is 0.261 e. The van der Waals surface area contributed by atoms with E-state index in [1.165, 1.54) is 35.2 Å². The van der Waals surface area contributed by atoms with Gasteiger partial charge >= 0.3 is 0 Å². The van der Waals surface area contributed by atoms with Crippen molar-refractivity contribution in [1.82, 2.24) is 14.8 Å². The van der Waals surface area contributed by atoms with E-state index >= 15 is 0 Å². The lowest BCUT2D eigenvalue weighted by atomic mass is 10.0. The van der Waals surface area contributed by atoms with Gasteiger partial charge in [-0.3, -0.25) is 19.3 Å². The number of hydrogen-bond donors (Lipinski definition) is 1. The first kappa shape index (κ1) is 30.9. The molecule has 0 unspecified atom stereocenters. The Hall–Kier alpha value is -4.03. The number of sulfonamides is 1. The van der Waals surface area contributed by atoms with Crippen molar-refractivity contribution in [3.8, 4) is 5.75 Å². The zero-order valence-electron chi connectivity index (χ0n) is 24.0. The molecule has 3 atom stereocenters. The zero-order chi connectivity index (χ0) is 30.4. The molecule has 1 aliphatic rings. The molecule has 3 aromatic rings. The number of amides is 2. The molecule has 0 bridgehead atoms. The number of ether oxygens (including phenoxy) is 2. The van der Waals surface area contributed by atoms with Gasteiger partial charge in [0.1, 0.15) is 18.2 Å². The number of fused-ring (bicyclic) bond motifs is 1. The Morgan fingerprint density at radius 2 is 1.93 bits per heavy atom. The maximum atomic E-state index is 13.7. The van der Waals surface area contributed by atoms with E-state index in [0.29, 0.717) is 6.54 Å². The molecule has 1 aliphatic heterocycles. The minimum atomic E-state index is -4.13. The highest BCUT2D eigenvalue weighted by atomic mass is 32.2. The fourth-order valence-corrected chi connectivity index (χ4v) is 5.90. The zero-order valence-corrected chi connectivity index (χ0v) is 24.8. The van der Waals surface area contributed by atoms with Crippen LogP contribution in [0.1, 0.15) is 29.8 Å². The molecule has 0 saturated heterocycles. The minimum absolute atomic E-state index is 0.0848. The molecular weight excluding hydrogens is 563 g/mol. The Morgan fingerprint density at radius 3 is 2.62 bits per heavy atom. The van der Waals surface area contributed by atoms with Crippen LogP contribution in [0.5, 0.6) is 5.75 Å². The summed E-state index contributed by atoms with van der Waals surface area (Å²) in [6, 6.07) is 12.3. The molecule has 10 nitrogen and oxygen atoms in total. The van der Waals surface area contributed by atoms with Crippen molar-refractivity contribution in [3.05, 3.63) is 83.9 Å². The lowest BCUT2D eigenvalue weighted by Gasteiger charge is -2.36. The number of benzene rings is 2. The van der Waals surface area contributed by atoms with Crippen LogP contribution in [0.2, 0.25) is 0 Å². The average Bonchev–Trinajstić information content (AvgIpc) is 2.97. The largest absolute Gasteiger partial charge is 0.491 e. The number of methoxy groups -OCH3 is 1. The molecule has 0 fully saturated rings. The van der Waals surface area contributed by atoms with Crippen molar-refractivity contribution < 1.29 is 31.9 Å². The van der Waals surface area contributed by atoms with Gasteiger partial charge in [0.15, 0.2) is 0 Å². The summed E-state index contributed by atoms with van der Waals surface area (Å²) >= 11 is 0. The van der Waals surface area contributed by atoms with Gasteiger partial charge in [-0.1, -0.05) is 19.1 Å². The summed E-state index contributed by atoms with van der Waals surface area (Å²) in [7, 11) is -0.948. The van der Waals surface area contributed by atoms with Gasteiger partial charge in [-0.25, -0.2) is 12.8 Å². The van der Waals surface area contributed by atoms with Crippen molar-refractivity contribution in [2.45, 2.75) is 37.3 Å². The number of rotatable bonds is 6. The van der Waals surface area contributed by atoms with Gasteiger partial charge in [-0.15, -0.1) is 0 Å². The third-order valence-electron chi connectivity index (χ3n) is 7.20. The van der Waals surface area contributed by atoms with Crippen LogP contribution in [0.3, 0.4) is 0 Å². The summed E-state index contributed by atoms with van der Waals surface area (Å²) in [6.45, 7) is 4.52. The summed E-state index contributed by atoms with van der Waals surface area (Å²) in [4.78, 5) is 34.2. The number of anilines is 1. The van der Waals surface area contributed by atoms with Crippen LogP contribution in [0.4, 0.5) is 10.1 Å². The fourth-order valence-electron chi connectivity index (χ4n) is 4.81. The van der Waals surface area contributed by atoms with Crippen LogP contribution < -0.4 is 9.46 Å². The molecule has 0 saturated carbocycles. The number of aromatic nitrogens is 1. The first-order valence-corrected chi connectivity index (χ1v) is 15.0. The number of carbonyl (C=O) groups is 2. The second kappa shape index (κ2) is 13.3. The van der Waals surface area contributed by atoms with Gasteiger partial charge in [-0.05, 0) is 55.0 Å². The molecule has 4 rings (SSSR count). The Bertz CT molecular complexity index is 1520. The maximum absolute atomic E-state index is 13.7. The summed E-state index contributed by atoms with van der Waals surface area (Å²) in [5.74, 6) is -1.08. The van der Waals surface area contributed by atoms with Crippen LogP contribution in [-0.4, -0.2) is 81.0 Å². The highest BCUT2D eigenvalue weighted by Gasteiger charge is 2.30. The fraction of sp³-hybridized carbons (Fsp3) is 0.367. The van der Waals surface area contributed by atoms with Crippen molar-refractivity contribution >= 4 is 27.5 Å². The number of nitrogens with zero attached hydrogens (tertiary/aromatic N) is 3. The molecule has 42 heavy (non-hydrogen) atoms. The highest BCUT2D eigenvalue weighted by Crippen LogP contribution is 2.28. The van der Waals surface area contributed by atoms with E-state index in [-0.39, 0.29) is 59.3 Å². The summed E-state index contributed by atoms with van der Waals surface area (Å²) in [5, 5.41) is 0. The van der Waals surface area contributed by atoms with E-state index in [2.05, 4.69) is 9.71 Å². The van der Waals surface area contributed by atoms with Crippen molar-refractivity contribution in [2.24, 2.45) is 5.92 Å².